The number of hydrogen-bond acceptors (Lipinski definition) is 1. The van der Waals surface area contributed by atoms with Crippen LogP contribution in [-0.2, 0) is 0 Å². The Balaban J connectivity index is 2.06. The molecule has 1 aliphatic rings. The third-order valence-electron chi connectivity index (χ3n) is 1.36. The lowest BCUT2D eigenvalue weighted by Gasteiger charge is -2.34. The van der Waals surface area contributed by atoms with Crippen LogP contribution in [0.25, 0.3) is 0 Å². The molecule has 0 atom stereocenters. The van der Waals surface area contributed by atoms with Crippen molar-refractivity contribution in [3.8, 4) is 0 Å². The maximum absolute atomic E-state index is 5.54. The smallest absolute Gasteiger partial charge is 0.0276 e. The average Bonchev–Trinajstić information content (AvgIpc) is 1.58. The van der Waals surface area contributed by atoms with Crippen LogP contribution >= 0.6 is 11.6 Å². The van der Waals surface area contributed by atoms with Crippen molar-refractivity contribution < 1.29 is 0 Å². The zero-order valence-corrected chi connectivity index (χ0v) is 5.28. The highest BCUT2D eigenvalue weighted by atomic mass is 35.5. The van der Waals surface area contributed by atoms with Gasteiger partial charge in [0, 0.05) is 19.0 Å². The molecule has 0 N–H and O–H groups in total. The fraction of sp³-hybridized carbons (Fsp3) is 1.00. The minimum Gasteiger partial charge on any atom is -0.306 e. The van der Waals surface area contributed by atoms with Gasteiger partial charge in [-0.15, -0.1) is 11.6 Å². The van der Waals surface area contributed by atoms with Crippen molar-refractivity contribution >= 4 is 11.6 Å². The molecular weight excluding hydrogens is 110 g/mol. The maximum atomic E-state index is 5.54. The Hall–Kier alpha value is 0.250. The van der Waals surface area contributed by atoms with Crippen LogP contribution in [0.15, 0.2) is 0 Å². The molecule has 1 rings (SSSR count). The molecule has 7 heavy (non-hydrogen) atoms. The zero-order valence-electron chi connectivity index (χ0n) is 4.52. The number of alkyl halides is 1. The van der Waals surface area contributed by atoms with Crippen LogP contribution in [0.3, 0.4) is 0 Å². The van der Waals surface area contributed by atoms with Crippen molar-refractivity contribution in [2.24, 2.45) is 5.92 Å². The highest BCUT2D eigenvalue weighted by Gasteiger charge is 2.20. The topological polar surface area (TPSA) is 3.24 Å². The van der Waals surface area contributed by atoms with E-state index in [1.807, 2.05) is 0 Å². The van der Waals surface area contributed by atoms with Crippen LogP contribution in [0.1, 0.15) is 0 Å². The summed E-state index contributed by atoms with van der Waals surface area (Å²) < 4.78 is 0. The van der Waals surface area contributed by atoms with E-state index < -0.39 is 0 Å². The summed E-state index contributed by atoms with van der Waals surface area (Å²) in [4.78, 5) is 2.27. The first-order valence-corrected chi connectivity index (χ1v) is 3.11. The molecule has 0 bridgehead atoms. The second-order valence-corrected chi connectivity index (χ2v) is 2.55. The summed E-state index contributed by atoms with van der Waals surface area (Å²) >= 11 is 5.54. The first-order valence-electron chi connectivity index (χ1n) is 2.57. The Morgan fingerprint density at radius 3 is 2.43 bits per heavy atom. The van der Waals surface area contributed by atoms with Gasteiger partial charge in [-0.25, -0.2) is 0 Å². The van der Waals surface area contributed by atoms with Crippen LogP contribution in [0.4, 0.5) is 0 Å². The number of nitrogens with zero attached hydrogens (tertiary/aromatic N) is 1. The number of hydrogen-bond donors (Lipinski definition) is 0. The summed E-state index contributed by atoms with van der Waals surface area (Å²) in [5.41, 5.74) is 0. The molecule has 42 valence electrons. The monoisotopic (exact) mass is 119 g/mol. The van der Waals surface area contributed by atoms with Crippen molar-refractivity contribution in [2.75, 3.05) is 26.0 Å². The van der Waals surface area contributed by atoms with Crippen molar-refractivity contribution in [3.05, 3.63) is 0 Å². The Morgan fingerprint density at radius 1 is 1.71 bits per heavy atom. The van der Waals surface area contributed by atoms with Gasteiger partial charge in [-0.05, 0) is 13.0 Å². The second kappa shape index (κ2) is 2.01. The lowest BCUT2D eigenvalue weighted by atomic mass is 10.0. The predicted octanol–water partition coefficient (Wildman–Crippen LogP) is 0.787. The summed E-state index contributed by atoms with van der Waals surface area (Å²) in [5.74, 6) is 1.62. The van der Waals surface area contributed by atoms with Crippen molar-refractivity contribution in [1.29, 1.82) is 0 Å². The van der Waals surface area contributed by atoms with E-state index in [4.69, 9.17) is 11.6 Å². The number of halogens is 1. The summed E-state index contributed by atoms with van der Waals surface area (Å²) in [6.45, 7) is 2.40. The molecule has 0 spiro atoms. The lowest BCUT2D eigenvalue weighted by Crippen LogP contribution is -2.44. The fourth-order valence-corrected chi connectivity index (χ4v) is 1.12. The van der Waals surface area contributed by atoms with Crippen molar-refractivity contribution in [1.82, 2.24) is 4.90 Å². The van der Waals surface area contributed by atoms with Crippen LogP contribution in [-0.4, -0.2) is 30.9 Å². The maximum Gasteiger partial charge on any atom is 0.0276 e. The molecule has 1 nitrogen and oxygen atoms in total. The van der Waals surface area contributed by atoms with E-state index >= 15 is 0 Å². The number of rotatable bonds is 1. The molecule has 2 heteroatoms. The second-order valence-electron chi connectivity index (χ2n) is 2.24. The Kier molecular flexibility index (Phi) is 1.55. The highest BCUT2D eigenvalue weighted by Crippen LogP contribution is 2.12. The van der Waals surface area contributed by atoms with Gasteiger partial charge < -0.3 is 4.90 Å². The van der Waals surface area contributed by atoms with Gasteiger partial charge in [0.1, 0.15) is 0 Å². The molecule has 0 saturated carbocycles. The average molecular weight is 120 g/mol. The van der Waals surface area contributed by atoms with Crippen LogP contribution in [0, 0.1) is 5.92 Å². The van der Waals surface area contributed by atoms with Crippen LogP contribution < -0.4 is 0 Å². The predicted molar refractivity (Wildman–Crippen MR) is 31.7 cm³/mol. The van der Waals surface area contributed by atoms with Gasteiger partial charge in [-0.2, -0.15) is 0 Å². The van der Waals surface area contributed by atoms with Gasteiger partial charge in [0.05, 0.1) is 0 Å². The SMILES string of the molecule is CN1CC(CCl)C1. The lowest BCUT2D eigenvalue weighted by molar-refractivity contribution is 0.152. The Bertz CT molecular complexity index is 59.1. The largest absolute Gasteiger partial charge is 0.306 e. The van der Waals surface area contributed by atoms with E-state index in [2.05, 4.69) is 11.9 Å². The summed E-state index contributed by atoms with van der Waals surface area (Å²) in [7, 11) is 2.11. The molecule has 0 unspecified atom stereocenters. The third kappa shape index (κ3) is 1.07. The number of likely N-dealkylation sites (tertiary alicyclic amines) is 1. The zero-order chi connectivity index (χ0) is 5.28. The molecule has 0 aliphatic carbocycles. The van der Waals surface area contributed by atoms with E-state index in [9.17, 15) is 0 Å². The first-order chi connectivity index (χ1) is 3.33. The van der Waals surface area contributed by atoms with Gasteiger partial charge in [-0.1, -0.05) is 0 Å². The third-order valence-corrected chi connectivity index (χ3v) is 1.79. The van der Waals surface area contributed by atoms with Crippen molar-refractivity contribution in [3.63, 3.8) is 0 Å². The van der Waals surface area contributed by atoms with Crippen LogP contribution in [0.5, 0.6) is 0 Å². The van der Waals surface area contributed by atoms with Gasteiger partial charge in [0.2, 0.25) is 0 Å². The van der Waals surface area contributed by atoms with E-state index in [1.165, 1.54) is 13.1 Å². The molecule has 0 radical (unpaired) electrons. The molecule has 1 aliphatic heterocycles. The van der Waals surface area contributed by atoms with Gasteiger partial charge in [0.15, 0.2) is 0 Å². The van der Waals surface area contributed by atoms with E-state index in [0.717, 1.165) is 11.8 Å². The molecule has 0 aromatic heterocycles. The normalized spacial score (nSPS) is 24.9. The fourth-order valence-electron chi connectivity index (χ4n) is 0.926. The van der Waals surface area contributed by atoms with Gasteiger partial charge >= 0.3 is 0 Å². The van der Waals surface area contributed by atoms with E-state index in [-0.39, 0.29) is 0 Å². The molecule has 1 saturated heterocycles. The standard InChI is InChI=1S/C5H10ClN/c1-7-3-5(2-6)4-7/h5H,2-4H2,1H3. The molecule has 1 heterocycles. The molecular formula is C5H10ClN. The summed E-state index contributed by atoms with van der Waals surface area (Å²) in [6, 6.07) is 0. The summed E-state index contributed by atoms with van der Waals surface area (Å²) in [6.07, 6.45) is 0. The van der Waals surface area contributed by atoms with E-state index in [0.29, 0.717) is 0 Å². The van der Waals surface area contributed by atoms with E-state index in [1.54, 1.807) is 0 Å². The summed E-state index contributed by atoms with van der Waals surface area (Å²) in [5, 5.41) is 0. The molecule has 0 aromatic carbocycles. The van der Waals surface area contributed by atoms with Crippen molar-refractivity contribution in [2.45, 2.75) is 0 Å². The van der Waals surface area contributed by atoms with Gasteiger partial charge in [-0.3, -0.25) is 0 Å². The quantitative estimate of drug-likeness (QED) is 0.462. The highest BCUT2D eigenvalue weighted by molar-refractivity contribution is 6.18. The minimum absolute atomic E-state index is 0.784. The minimum atomic E-state index is 0.784. The Morgan fingerprint density at radius 2 is 2.29 bits per heavy atom. The van der Waals surface area contributed by atoms with Crippen LogP contribution in [0.2, 0.25) is 0 Å². The van der Waals surface area contributed by atoms with Gasteiger partial charge in [0.25, 0.3) is 0 Å². The Labute approximate surface area is 49.3 Å². The molecule has 0 amide bonds. The first kappa shape index (κ1) is 5.39. The molecule has 0 aromatic rings. The molecule has 1 fully saturated rings.